The normalized spacial score (nSPS) is 11.2. The van der Waals surface area contributed by atoms with Crippen molar-refractivity contribution in [3.63, 3.8) is 0 Å². The number of ether oxygens (including phenoxy) is 1. The van der Waals surface area contributed by atoms with Crippen molar-refractivity contribution in [3.05, 3.63) is 29.8 Å². The highest BCUT2D eigenvalue weighted by Gasteiger charge is 2.31. The van der Waals surface area contributed by atoms with E-state index in [1.807, 2.05) is 0 Å². The lowest BCUT2D eigenvalue weighted by atomic mass is 10.2. The molecule has 0 spiro atoms. The largest absolute Gasteiger partial charge is 0.483 e. The van der Waals surface area contributed by atoms with Crippen LogP contribution in [-0.4, -0.2) is 42.3 Å². The molecule has 1 aromatic rings. The van der Waals surface area contributed by atoms with Gasteiger partial charge in [0.15, 0.2) is 6.61 Å². The monoisotopic (exact) mass is 277 g/mol. The van der Waals surface area contributed by atoms with Gasteiger partial charge in [-0.25, -0.2) is 0 Å². The number of rotatable bonds is 5. The van der Waals surface area contributed by atoms with Gasteiger partial charge in [-0.15, -0.1) is 0 Å². The number of carbonyl (C=O) groups excluding carboxylic acids is 1. The van der Waals surface area contributed by atoms with Gasteiger partial charge in [0.25, 0.3) is 5.91 Å². The topological polar surface area (TPSA) is 49.8 Å². The molecule has 7 heteroatoms. The zero-order valence-electron chi connectivity index (χ0n) is 10.3. The Labute approximate surface area is 108 Å². The first-order valence-electron chi connectivity index (χ1n) is 5.46. The first kappa shape index (κ1) is 15.3. The van der Waals surface area contributed by atoms with Crippen molar-refractivity contribution >= 4 is 5.91 Å². The Bertz CT molecular complexity index is 434. The lowest BCUT2D eigenvalue weighted by molar-refractivity contribution is -0.159. The third-order valence-electron chi connectivity index (χ3n) is 2.34. The molecule has 0 heterocycles. The van der Waals surface area contributed by atoms with Crippen LogP contribution in [0, 0.1) is 0 Å². The van der Waals surface area contributed by atoms with Gasteiger partial charge in [0, 0.05) is 12.6 Å². The molecule has 0 bridgehead atoms. The number of amides is 1. The quantitative estimate of drug-likeness (QED) is 0.889. The third-order valence-corrected chi connectivity index (χ3v) is 2.34. The fourth-order valence-electron chi connectivity index (χ4n) is 1.38. The van der Waals surface area contributed by atoms with E-state index in [2.05, 4.69) is 0 Å². The maximum absolute atomic E-state index is 12.1. The van der Waals surface area contributed by atoms with Crippen LogP contribution >= 0.6 is 0 Å². The molecule has 19 heavy (non-hydrogen) atoms. The molecule has 106 valence electrons. The van der Waals surface area contributed by atoms with Gasteiger partial charge in [0.1, 0.15) is 12.3 Å². The summed E-state index contributed by atoms with van der Waals surface area (Å²) < 4.78 is 41.3. The van der Waals surface area contributed by atoms with E-state index in [9.17, 15) is 18.0 Å². The molecule has 0 unspecified atom stereocenters. The average Bonchev–Trinajstić information content (AvgIpc) is 2.34. The van der Waals surface area contributed by atoms with Gasteiger partial charge in [0.2, 0.25) is 0 Å². The van der Waals surface area contributed by atoms with Crippen molar-refractivity contribution in [1.29, 1.82) is 0 Å². The van der Waals surface area contributed by atoms with E-state index in [4.69, 9.17) is 9.84 Å². The molecule has 1 rings (SSSR count). The number of carbonyl (C=O) groups is 1. The number of alkyl halides is 3. The molecule has 0 radical (unpaired) electrons. The number of para-hydroxylation sites is 1. The molecule has 0 aliphatic carbocycles. The second kappa shape index (κ2) is 6.42. The zero-order valence-corrected chi connectivity index (χ0v) is 10.3. The van der Waals surface area contributed by atoms with E-state index in [-0.39, 0.29) is 12.4 Å². The fraction of sp³-hybridized carbons (Fsp3) is 0.417. The van der Waals surface area contributed by atoms with Crippen molar-refractivity contribution in [3.8, 4) is 5.75 Å². The van der Waals surface area contributed by atoms with Crippen molar-refractivity contribution < 1.29 is 27.8 Å². The summed E-state index contributed by atoms with van der Waals surface area (Å²) in [6, 6.07) is 6.44. The van der Waals surface area contributed by atoms with Gasteiger partial charge in [0.05, 0.1) is 6.61 Å². The predicted molar refractivity (Wildman–Crippen MR) is 61.6 cm³/mol. The summed E-state index contributed by atoms with van der Waals surface area (Å²) in [7, 11) is 1.05. The second-order valence-electron chi connectivity index (χ2n) is 3.92. The van der Waals surface area contributed by atoms with Crippen molar-refractivity contribution in [2.45, 2.75) is 12.8 Å². The summed E-state index contributed by atoms with van der Waals surface area (Å²) in [6.45, 7) is -2.11. The summed E-state index contributed by atoms with van der Waals surface area (Å²) in [6.07, 6.45) is -4.44. The first-order chi connectivity index (χ1) is 8.83. The molecule has 0 aliphatic rings. The van der Waals surface area contributed by atoms with Crippen LogP contribution in [0.15, 0.2) is 24.3 Å². The van der Waals surface area contributed by atoms with E-state index < -0.39 is 25.2 Å². The highest BCUT2D eigenvalue weighted by atomic mass is 19.4. The number of hydrogen-bond acceptors (Lipinski definition) is 3. The van der Waals surface area contributed by atoms with Gasteiger partial charge in [-0.2, -0.15) is 13.2 Å². The molecule has 0 aromatic heterocycles. The maximum atomic E-state index is 12.1. The van der Waals surface area contributed by atoms with Crippen LogP contribution in [0.3, 0.4) is 0 Å². The molecule has 1 N–H and O–H groups in total. The second-order valence-corrected chi connectivity index (χ2v) is 3.92. The molecule has 0 saturated carbocycles. The maximum Gasteiger partial charge on any atom is 0.406 e. The smallest absolute Gasteiger partial charge is 0.406 e. The summed E-state index contributed by atoms with van der Waals surface area (Å²) in [5.74, 6) is -0.510. The first-order valence-corrected chi connectivity index (χ1v) is 5.46. The highest BCUT2D eigenvalue weighted by molar-refractivity contribution is 5.77. The Balaban J connectivity index is 2.54. The zero-order chi connectivity index (χ0) is 14.5. The molecular formula is C12H14F3NO3. The summed E-state index contributed by atoms with van der Waals surface area (Å²) in [5, 5.41) is 9.02. The fourth-order valence-corrected chi connectivity index (χ4v) is 1.38. The minimum absolute atomic E-state index is 0.275. The standard InChI is InChI=1S/C12H14F3NO3/c1-16(8-12(13,14)15)11(18)7-19-10-5-3-2-4-9(10)6-17/h2-5,17H,6-8H2,1H3. The van der Waals surface area contributed by atoms with E-state index in [0.717, 1.165) is 7.05 Å². The Morgan fingerprint density at radius 3 is 2.58 bits per heavy atom. The van der Waals surface area contributed by atoms with Crippen LogP contribution in [0.25, 0.3) is 0 Å². The van der Waals surface area contributed by atoms with E-state index in [1.54, 1.807) is 18.2 Å². The molecule has 1 aromatic carbocycles. The van der Waals surface area contributed by atoms with Gasteiger partial charge < -0.3 is 14.7 Å². The Kier molecular flexibility index (Phi) is 5.17. The number of benzene rings is 1. The Hall–Kier alpha value is -1.76. The summed E-state index contributed by atoms with van der Waals surface area (Å²) in [5.41, 5.74) is 0.466. The van der Waals surface area contributed by atoms with Gasteiger partial charge in [-0.05, 0) is 6.07 Å². The Morgan fingerprint density at radius 2 is 2.00 bits per heavy atom. The lowest BCUT2D eigenvalue weighted by Crippen LogP contribution is -2.38. The predicted octanol–water partition coefficient (Wildman–Crippen LogP) is 1.58. The minimum atomic E-state index is -4.44. The van der Waals surface area contributed by atoms with Crippen molar-refractivity contribution in [2.75, 3.05) is 20.2 Å². The summed E-state index contributed by atoms with van der Waals surface area (Å²) in [4.78, 5) is 12.0. The molecule has 0 fully saturated rings. The van der Waals surface area contributed by atoms with Crippen LogP contribution in [0.5, 0.6) is 5.75 Å². The van der Waals surface area contributed by atoms with Crippen molar-refractivity contribution in [1.82, 2.24) is 4.90 Å². The minimum Gasteiger partial charge on any atom is -0.483 e. The van der Waals surface area contributed by atoms with Gasteiger partial charge in [-0.3, -0.25) is 4.79 Å². The molecule has 0 aliphatic heterocycles. The number of likely N-dealkylation sites (N-methyl/N-ethyl adjacent to an activating group) is 1. The summed E-state index contributed by atoms with van der Waals surface area (Å²) >= 11 is 0. The number of halogens is 3. The van der Waals surface area contributed by atoms with E-state index in [0.29, 0.717) is 10.5 Å². The Morgan fingerprint density at radius 1 is 1.37 bits per heavy atom. The van der Waals surface area contributed by atoms with Crippen LogP contribution in [0.4, 0.5) is 13.2 Å². The lowest BCUT2D eigenvalue weighted by Gasteiger charge is -2.19. The molecule has 4 nitrogen and oxygen atoms in total. The molecular weight excluding hydrogens is 263 g/mol. The van der Waals surface area contributed by atoms with Crippen LogP contribution < -0.4 is 4.74 Å². The van der Waals surface area contributed by atoms with Crippen LogP contribution in [-0.2, 0) is 11.4 Å². The van der Waals surface area contributed by atoms with Gasteiger partial charge >= 0.3 is 6.18 Å². The van der Waals surface area contributed by atoms with E-state index in [1.165, 1.54) is 6.07 Å². The molecule has 1 amide bonds. The molecule has 0 saturated heterocycles. The van der Waals surface area contributed by atoms with Crippen molar-refractivity contribution in [2.24, 2.45) is 0 Å². The third kappa shape index (κ3) is 5.17. The molecule has 0 atom stereocenters. The van der Waals surface area contributed by atoms with Crippen LogP contribution in [0.2, 0.25) is 0 Å². The average molecular weight is 277 g/mol. The number of nitrogens with zero attached hydrogens (tertiary/aromatic N) is 1. The number of hydrogen-bond donors (Lipinski definition) is 1. The highest BCUT2D eigenvalue weighted by Crippen LogP contribution is 2.18. The number of aliphatic hydroxyl groups is 1. The SMILES string of the molecule is CN(CC(F)(F)F)C(=O)COc1ccccc1CO. The van der Waals surface area contributed by atoms with Gasteiger partial charge in [-0.1, -0.05) is 18.2 Å². The van der Waals surface area contributed by atoms with E-state index >= 15 is 0 Å². The van der Waals surface area contributed by atoms with Crippen LogP contribution in [0.1, 0.15) is 5.56 Å². The number of aliphatic hydroxyl groups excluding tert-OH is 1.